The number of carbonyl (C=O) groups excluding carboxylic acids is 3. The van der Waals surface area contributed by atoms with E-state index in [9.17, 15) is 36.7 Å². The van der Waals surface area contributed by atoms with Crippen molar-refractivity contribution in [3.8, 4) is 22.3 Å². The molecule has 4 aromatic carbocycles. The number of pyridine rings is 2. The number of nitrogens with one attached hydrogen (secondary N) is 1. The number of aryl methyl sites for hydroxylation is 2. The maximum absolute atomic E-state index is 13.7. The molecule has 6 rings (SSSR count). The van der Waals surface area contributed by atoms with Gasteiger partial charge < -0.3 is 25.6 Å². The fraction of sp³-hybridized carbons (Fsp3) is 0.0952. The van der Waals surface area contributed by atoms with E-state index < -0.39 is 52.2 Å². The lowest BCUT2D eigenvalue weighted by Gasteiger charge is -2.10. The molecule has 4 N–H and O–H groups in total. The first-order valence-corrected chi connectivity index (χ1v) is 16.6. The Morgan fingerprint density at radius 3 is 1.35 bits per heavy atom. The number of anilines is 2. The van der Waals surface area contributed by atoms with Gasteiger partial charge in [0.25, 0.3) is 5.91 Å². The third kappa shape index (κ3) is 10.8. The number of benzene rings is 4. The topological polar surface area (TPSA) is 171 Å². The Balaban J connectivity index is 0.000000211. The fourth-order valence-corrected chi connectivity index (χ4v) is 5.19. The fourth-order valence-electron chi connectivity index (χ4n) is 5.19. The second-order valence-electron chi connectivity index (χ2n) is 12.0. The molecule has 0 unspecified atom stereocenters. The van der Waals surface area contributed by atoms with Crippen molar-refractivity contribution in [3.63, 3.8) is 0 Å². The largest absolute Gasteiger partial charge is 0.477 e. The highest BCUT2D eigenvalue weighted by molar-refractivity contribution is 6.04. The second kappa shape index (κ2) is 19.3. The van der Waals surface area contributed by atoms with Crippen LogP contribution in [0.5, 0.6) is 0 Å². The summed E-state index contributed by atoms with van der Waals surface area (Å²) in [5.74, 6) is -7.72. The number of rotatable bonds is 7. The molecule has 0 spiro atoms. The number of amides is 1. The predicted molar refractivity (Wildman–Crippen MR) is 204 cm³/mol. The van der Waals surface area contributed by atoms with Crippen molar-refractivity contribution in [2.75, 3.05) is 25.3 Å². The van der Waals surface area contributed by atoms with Crippen molar-refractivity contribution in [1.82, 2.24) is 9.97 Å². The third-order valence-electron chi connectivity index (χ3n) is 8.14. The van der Waals surface area contributed by atoms with Crippen molar-refractivity contribution in [2.24, 2.45) is 0 Å². The predicted octanol–water partition coefficient (Wildman–Crippen LogP) is 8.46. The Hall–Kier alpha value is -7.42. The normalized spacial score (nSPS) is 10.2. The second-order valence-corrected chi connectivity index (χ2v) is 12.0. The lowest BCUT2D eigenvalue weighted by Crippen LogP contribution is -2.16. The van der Waals surface area contributed by atoms with Crippen LogP contribution in [0.2, 0.25) is 0 Å². The van der Waals surface area contributed by atoms with Crippen LogP contribution < -0.4 is 11.1 Å². The van der Waals surface area contributed by atoms with Crippen molar-refractivity contribution in [3.05, 3.63) is 166 Å². The number of hydrogen-bond donors (Lipinski definition) is 3. The van der Waals surface area contributed by atoms with E-state index in [0.29, 0.717) is 29.2 Å². The van der Waals surface area contributed by atoms with Gasteiger partial charge >= 0.3 is 17.9 Å². The number of nitrogens with zero attached hydrogens (tertiary/aromatic N) is 2. The molecule has 2 heterocycles. The van der Waals surface area contributed by atoms with Crippen LogP contribution in [0.25, 0.3) is 22.3 Å². The maximum atomic E-state index is 13.7. The van der Waals surface area contributed by atoms with Gasteiger partial charge in [0.2, 0.25) is 0 Å². The Bertz CT molecular complexity index is 2390. The highest BCUT2D eigenvalue weighted by Crippen LogP contribution is 2.28. The van der Waals surface area contributed by atoms with E-state index in [2.05, 4.69) is 15.3 Å². The van der Waals surface area contributed by atoms with E-state index in [-0.39, 0.29) is 5.97 Å². The van der Waals surface area contributed by atoms with Crippen molar-refractivity contribution < 1.29 is 51.3 Å². The molecule has 11 nitrogen and oxygen atoms in total. The summed E-state index contributed by atoms with van der Waals surface area (Å²) in [5, 5.41) is 10.7. The number of halogens is 4. The molecule has 6 aromatic rings. The number of nitrogens with two attached hydrogens (primary N) is 1. The molecular formula is C42H34F4N4O7. The van der Waals surface area contributed by atoms with Gasteiger partial charge in [-0.05, 0) is 95.8 Å². The summed E-state index contributed by atoms with van der Waals surface area (Å²) >= 11 is 0. The van der Waals surface area contributed by atoms with E-state index in [4.69, 9.17) is 20.3 Å². The zero-order valence-electron chi connectivity index (χ0n) is 30.8. The molecule has 1 amide bonds. The summed E-state index contributed by atoms with van der Waals surface area (Å²) in [6, 6.07) is 25.0. The number of nitrogen functional groups attached to an aromatic ring is 1. The minimum atomic E-state index is -1.64. The molecule has 0 bridgehead atoms. The first-order valence-electron chi connectivity index (χ1n) is 16.6. The molecule has 0 atom stereocenters. The molecule has 57 heavy (non-hydrogen) atoms. The van der Waals surface area contributed by atoms with Crippen LogP contribution in [0, 0.1) is 37.1 Å². The standard InChI is InChI=1S/C21H16F2N2O3.C15H15NO2.C6H3F2NO2/c1-12-3-4-14(21(27)28-2)9-16(12)13-5-7-15(8-6-13)25-20(26)19-17(22)10-24-11-18(19)23;1-10-3-4-12(15(17)18-2)9-14(10)11-5-7-13(16)8-6-11;7-3-1-9-2-4(8)5(3)6(10)11/h3-11H,1-2H3,(H,25,26);3-9H,16H2,1-2H3;1-2H,(H,10,11). The highest BCUT2D eigenvalue weighted by atomic mass is 19.1. The molecule has 0 saturated carbocycles. The van der Waals surface area contributed by atoms with Crippen LogP contribution in [0.15, 0.2) is 110 Å². The Labute approximate surface area is 323 Å². The van der Waals surface area contributed by atoms with Gasteiger partial charge in [0.15, 0.2) is 23.3 Å². The number of carboxylic acids is 1. The molecule has 15 heteroatoms. The number of aromatic carboxylic acids is 1. The first kappa shape index (κ1) is 42.3. The molecule has 0 aliphatic rings. The summed E-state index contributed by atoms with van der Waals surface area (Å²) in [7, 11) is 2.69. The number of methoxy groups -OCH3 is 2. The van der Waals surface area contributed by atoms with Crippen LogP contribution in [-0.4, -0.2) is 53.1 Å². The van der Waals surface area contributed by atoms with Gasteiger partial charge in [0.05, 0.1) is 50.1 Å². The molecular weight excluding hydrogens is 748 g/mol. The van der Waals surface area contributed by atoms with Gasteiger partial charge in [0, 0.05) is 11.4 Å². The van der Waals surface area contributed by atoms with E-state index in [1.165, 1.54) is 14.2 Å². The van der Waals surface area contributed by atoms with Crippen molar-refractivity contribution in [2.45, 2.75) is 13.8 Å². The quantitative estimate of drug-likeness (QED) is 0.0811. The SMILES string of the molecule is COC(=O)c1ccc(C)c(-c2ccc(N)cc2)c1.COC(=O)c1ccc(C)c(-c2ccc(NC(=O)c3c(F)cncc3F)cc2)c1.O=C(O)c1c(F)cncc1F. The molecule has 0 radical (unpaired) electrons. The van der Waals surface area contributed by atoms with Gasteiger partial charge in [0.1, 0.15) is 11.1 Å². The van der Waals surface area contributed by atoms with Gasteiger partial charge in [-0.25, -0.2) is 31.9 Å². The average molecular weight is 783 g/mol. The first-order chi connectivity index (χ1) is 27.1. The van der Waals surface area contributed by atoms with Crippen molar-refractivity contribution >= 4 is 35.2 Å². The minimum absolute atomic E-state index is 0.327. The summed E-state index contributed by atoms with van der Waals surface area (Å²) in [4.78, 5) is 52.0. The van der Waals surface area contributed by atoms with Gasteiger partial charge in [-0.15, -0.1) is 0 Å². The lowest BCUT2D eigenvalue weighted by molar-refractivity contribution is 0.0592. The molecule has 0 fully saturated rings. The molecule has 0 saturated heterocycles. The van der Waals surface area contributed by atoms with Gasteiger partial charge in [-0.2, -0.15) is 0 Å². The summed E-state index contributed by atoms with van der Waals surface area (Å²) < 4.78 is 61.6. The maximum Gasteiger partial charge on any atom is 0.341 e. The highest BCUT2D eigenvalue weighted by Gasteiger charge is 2.19. The van der Waals surface area contributed by atoms with Crippen LogP contribution in [0.1, 0.15) is 52.6 Å². The molecule has 2 aromatic heterocycles. The lowest BCUT2D eigenvalue weighted by atomic mass is 9.98. The Morgan fingerprint density at radius 2 is 0.982 bits per heavy atom. The number of carbonyl (C=O) groups is 4. The number of esters is 2. The van der Waals surface area contributed by atoms with Gasteiger partial charge in [-0.3, -0.25) is 14.8 Å². The van der Waals surface area contributed by atoms with Crippen LogP contribution in [-0.2, 0) is 9.47 Å². The number of aromatic nitrogens is 2. The van der Waals surface area contributed by atoms with Crippen LogP contribution in [0.3, 0.4) is 0 Å². The zero-order chi connectivity index (χ0) is 41.8. The average Bonchev–Trinajstić information content (AvgIpc) is 3.18. The van der Waals surface area contributed by atoms with E-state index in [0.717, 1.165) is 51.5 Å². The summed E-state index contributed by atoms with van der Waals surface area (Å²) in [6.45, 7) is 3.91. The monoisotopic (exact) mass is 782 g/mol. The van der Waals surface area contributed by atoms with Gasteiger partial charge in [-0.1, -0.05) is 36.4 Å². The zero-order valence-corrected chi connectivity index (χ0v) is 30.8. The van der Waals surface area contributed by atoms with Crippen LogP contribution in [0.4, 0.5) is 28.9 Å². The van der Waals surface area contributed by atoms with E-state index in [1.807, 2.05) is 56.3 Å². The van der Waals surface area contributed by atoms with Crippen LogP contribution >= 0.6 is 0 Å². The minimum Gasteiger partial charge on any atom is -0.477 e. The third-order valence-corrected chi connectivity index (χ3v) is 8.14. The Kier molecular flexibility index (Phi) is 14.3. The summed E-state index contributed by atoms with van der Waals surface area (Å²) in [6.07, 6.45) is 2.84. The van der Waals surface area contributed by atoms with E-state index in [1.54, 1.807) is 42.5 Å². The molecule has 292 valence electrons. The Morgan fingerprint density at radius 1 is 0.596 bits per heavy atom. The number of hydrogen-bond acceptors (Lipinski definition) is 9. The molecule has 0 aliphatic heterocycles. The summed E-state index contributed by atoms with van der Waals surface area (Å²) in [5.41, 5.74) is 11.8. The van der Waals surface area contributed by atoms with E-state index >= 15 is 0 Å². The molecule has 0 aliphatic carbocycles. The smallest absolute Gasteiger partial charge is 0.341 e. The van der Waals surface area contributed by atoms with Crippen molar-refractivity contribution in [1.29, 1.82) is 0 Å². The number of ether oxygens (including phenoxy) is 2. The number of carboxylic acid groups (broad SMARTS) is 1.